The molecule has 0 unspecified atom stereocenters. The van der Waals surface area contributed by atoms with Crippen LogP contribution in [0.15, 0.2) is 42.5 Å². The molecule has 2 aromatic carbocycles. The van der Waals surface area contributed by atoms with Crippen LogP contribution in [-0.4, -0.2) is 107 Å². The molecule has 2 fully saturated rings. The lowest BCUT2D eigenvalue weighted by molar-refractivity contribution is -0.167. The van der Waals surface area contributed by atoms with Crippen LogP contribution in [0, 0.1) is 6.92 Å². The number of nitrogens with zero attached hydrogens (tertiary/aromatic N) is 6. The second-order valence-electron chi connectivity index (χ2n) is 10.1. The van der Waals surface area contributed by atoms with Crippen LogP contribution < -0.4 is 4.74 Å². The summed E-state index contributed by atoms with van der Waals surface area (Å²) in [5, 5.41) is 9.49. The fourth-order valence-electron chi connectivity index (χ4n) is 4.86. The summed E-state index contributed by atoms with van der Waals surface area (Å²) in [5.41, 5.74) is 1.39. The summed E-state index contributed by atoms with van der Waals surface area (Å²) < 4.78 is 12.4. The van der Waals surface area contributed by atoms with Crippen molar-refractivity contribution in [1.29, 1.82) is 0 Å². The lowest BCUT2D eigenvalue weighted by atomic mass is 9.96. The molecule has 0 aliphatic carbocycles. The number of rotatable bonds is 7. The summed E-state index contributed by atoms with van der Waals surface area (Å²) in [6.45, 7) is 6.00. The van der Waals surface area contributed by atoms with Crippen molar-refractivity contribution in [3.8, 4) is 5.75 Å². The van der Waals surface area contributed by atoms with Gasteiger partial charge in [0.25, 0.3) is 0 Å². The normalized spacial score (nSPS) is 20.6. The third kappa shape index (κ3) is 6.09. The molecular formula is C27H33ClN6O4. The Bertz CT molecular complexity index is 1270. The van der Waals surface area contributed by atoms with Gasteiger partial charge in [-0.25, -0.2) is 0 Å². The van der Waals surface area contributed by atoms with Crippen LogP contribution in [0.3, 0.4) is 0 Å². The third-order valence-electron chi connectivity index (χ3n) is 7.17. The molecule has 1 aromatic heterocycles. The highest BCUT2D eigenvalue weighted by Crippen LogP contribution is 2.27. The molecular weight excluding hydrogens is 508 g/mol. The maximum Gasteiger partial charge on any atom is 0.246 e. The molecule has 1 atom stereocenters. The number of amides is 2. The molecule has 0 bridgehead atoms. The Morgan fingerprint density at radius 1 is 1.00 bits per heavy atom. The van der Waals surface area contributed by atoms with Gasteiger partial charge in [0.15, 0.2) is 0 Å². The van der Waals surface area contributed by atoms with Crippen molar-refractivity contribution in [2.24, 2.45) is 0 Å². The van der Waals surface area contributed by atoms with Gasteiger partial charge in [-0.1, -0.05) is 23.7 Å². The predicted octanol–water partition coefficient (Wildman–Crippen LogP) is 2.23. The SMILES string of the molecule is Cc1cc(OC[C@@]2(CC(=O)N3CCN(C)CC3)CN(C(=O)Cn3nc4ccccc4n3)CCO2)ccc1Cl. The van der Waals surface area contributed by atoms with E-state index in [2.05, 4.69) is 22.1 Å². The van der Waals surface area contributed by atoms with E-state index < -0.39 is 5.60 Å². The molecule has 11 heteroatoms. The first-order chi connectivity index (χ1) is 18.3. The van der Waals surface area contributed by atoms with Gasteiger partial charge < -0.3 is 24.2 Å². The van der Waals surface area contributed by atoms with Crippen LogP contribution in [-0.2, 0) is 20.9 Å². The van der Waals surface area contributed by atoms with Crippen molar-refractivity contribution in [3.05, 3.63) is 53.1 Å². The first kappa shape index (κ1) is 26.4. The summed E-state index contributed by atoms with van der Waals surface area (Å²) in [7, 11) is 2.05. The Morgan fingerprint density at radius 2 is 1.71 bits per heavy atom. The van der Waals surface area contributed by atoms with Gasteiger partial charge in [-0.15, -0.1) is 0 Å². The monoisotopic (exact) mass is 540 g/mol. The number of ether oxygens (including phenoxy) is 2. The van der Waals surface area contributed by atoms with Crippen molar-refractivity contribution < 1.29 is 19.1 Å². The predicted molar refractivity (Wildman–Crippen MR) is 143 cm³/mol. The van der Waals surface area contributed by atoms with Crippen molar-refractivity contribution in [2.75, 3.05) is 59.5 Å². The number of morpholine rings is 1. The molecule has 2 aliphatic heterocycles. The number of carbonyl (C=O) groups excluding carboxylic acids is 2. The molecule has 10 nitrogen and oxygen atoms in total. The third-order valence-corrected chi connectivity index (χ3v) is 7.59. The van der Waals surface area contributed by atoms with E-state index in [9.17, 15) is 9.59 Å². The van der Waals surface area contributed by atoms with Gasteiger partial charge in [0, 0.05) is 37.7 Å². The van der Waals surface area contributed by atoms with E-state index in [1.165, 1.54) is 4.80 Å². The fourth-order valence-corrected chi connectivity index (χ4v) is 4.98. The van der Waals surface area contributed by atoms with Crippen molar-refractivity contribution in [3.63, 3.8) is 0 Å². The van der Waals surface area contributed by atoms with Crippen molar-refractivity contribution in [1.82, 2.24) is 29.7 Å². The first-order valence-electron chi connectivity index (χ1n) is 12.9. The number of piperazine rings is 1. The van der Waals surface area contributed by atoms with Gasteiger partial charge in [0.2, 0.25) is 11.8 Å². The summed E-state index contributed by atoms with van der Waals surface area (Å²) in [5.74, 6) is 0.508. The number of hydrogen-bond donors (Lipinski definition) is 0. The highest BCUT2D eigenvalue weighted by atomic mass is 35.5. The number of likely N-dealkylation sites (N-methyl/N-ethyl adjacent to an activating group) is 1. The Hall–Kier alpha value is -3.21. The minimum absolute atomic E-state index is 0.00304. The van der Waals surface area contributed by atoms with Crippen LogP contribution in [0.4, 0.5) is 0 Å². The average molecular weight is 541 g/mol. The Labute approximate surface area is 227 Å². The number of aromatic nitrogens is 3. The summed E-state index contributed by atoms with van der Waals surface area (Å²) in [6.07, 6.45) is 0.122. The molecule has 0 N–H and O–H groups in total. The number of hydrogen-bond acceptors (Lipinski definition) is 7. The zero-order valence-corrected chi connectivity index (χ0v) is 22.6. The minimum atomic E-state index is -0.982. The lowest BCUT2D eigenvalue weighted by Gasteiger charge is -2.43. The van der Waals surface area contributed by atoms with Crippen LogP contribution in [0.25, 0.3) is 11.0 Å². The topological polar surface area (TPSA) is 93.0 Å². The number of fused-ring (bicyclic) bond motifs is 1. The molecule has 202 valence electrons. The van der Waals surface area contributed by atoms with E-state index in [1.54, 1.807) is 17.0 Å². The molecule has 3 aromatic rings. The molecule has 3 heterocycles. The van der Waals surface area contributed by atoms with Crippen LogP contribution in [0.5, 0.6) is 5.75 Å². The minimum Gasteiger partial charge on any atom is -0.490 e. The van der Waals surface area contributed by atoms with E-state index in [0.29, 0.717) is 37.0 Å². The van der Waals surface area contributed by atoms with Gasteiger partial charge in [-0.3, -0.25) is 9.59 Å². The van der Waals surface area contributed by atoms with Crippen molar-refractivity contribution in [2.45, 2.75) is 25.5 Å². The number of aryl methyl sites for hydroxylation is 1. The second kappa shape index (κ2) is 11.3. The van der Waals surface area contributed by atoms with E-state index >= 15 is 0 Å². The molecule has 38 heavy (non-hydrogen) atoms. The maximum atomic E-state index is 13.4. The van der Waals surface area contributed by atoms with E-state index in [-0.39, 0.29) is 37.9 Å². The standard InChI is InChI=1S/C27H33ClN6O4/c1-20-15-21(7-8-22(20)28)37-19-27(16-25(35)32-11-9-31(2)10-12-32)18-33(13-14-38-27)26(36)17-34-29-23-5-3-4-6-24(23)30-34/h3-8,15H,9-14,16-19H2,1-2H3/t27-/m1/s1. The lowest BCUT2D eigenvalue weighted by Crippen LogP contribution is -2.59. The molecule has 5 rings (SSSR count). The highest BCUT2D eigenvalue weighted by molar-refractivity contribution is 6.31. The number of benzene rings is 2. The van der Waals surface area contributed by atoms with Gasteiger partial charge in [0.1, 0.15) is 35.5 Å². The molecule has 0 spiro atoms. The van der Waals surface area contributed by atoms with Gasteiger partial charge >= 0.3 is 0 Å². The quantitative estimate of drug-likeness (QED) is 0.454. The molecule has 0 saturated carbocycles. The van der Waals surface area contributed by atoms with E-state index in [0.717, 1.165) is 29.7 Å². The Kier molecular flexibility index (Phi) is 7.83. The first-order valence-corrected chi connectivity index (χ1v) is 13.2. The molecule has 2 saturated heterocycles. The number of carbonyl (C=O) groups is 2. The Morgan fingerprint density at radius 3 is 2.39 bits per heavy atom. The highest BCUT2D eigenvalue weighted by Gasteiger charge is 2.42. The summed E-state index contributed by atoms with van der Waals surface area (Å²) in [4.78, 5) is 33.9. The van der Waals surface area contributed by atoms with Gasteiger partial charge in [0.05, 0.1) is 19.6 Å². The van der Waals surface area contributed by atoms with Crippen molar-refractivity contribution >= 4 is 34.4 Å². The van der Waals surface area contributed by atoms with E-state index in [1.807, 2.05) is 42.2 Å². The fraction of sp³-hybridized carbons (Fsp3) is 0.481. The summed E-state index contributed by atoms with van der Waals surface area (Å²) >= 11 is 6.18. The van der Waals surface area contributed by atoms with Crippen LogP contribution in [0.2, 0.25) is 5.02 Å². The largest absolute Gasteiger partial charge is 0.490 e. The molecule has 0 radical (unpaired) electrons. The van der Waals surface area contributed by atoms with E-state index in [4.69, 9.17) is 21.1 Å². The van der Waals surface area contributed by atoms with Crippen LogP contribution >= 0.6 is 11.6 Å². The molecule has 2 aliphatic rings. The van der Waals surface area contributed by atoms with Gasteiger partial charge in [-0.2, -0.15) is 15.0 Å². The molecule has 2 amide bonds. The average Bonchev–Trinajstić information content (AvgIpc) is 3.32. The van der Waals surface area contributed by atoms with Crippen LogP contribution in [0.1, 0.15) is 12.0 Å². The number of halogens is 1. The summed E-state index contributed by atoms with van der Waals surface area (Å²) in [6, 6.07) is 12.9. The Balaban J connectivity index is 1.32. The second-order valence-corrected chi connectivity index (χ2v) is 10.5. The zero-order valence-electron chi connectivity index (χ0n) is 21.8. The maximum absolute atomic E-state index is 13.4. The van der Waals surface area contributed by atoms with Gasteiger partial charge in [-0.05, 0) is 49.9 Å². The smallest absolute Gasteiger partial charge is 0.246 e. The zero-order chi connectivity index (χ0) is 26.7.